The Hall–Kier alpha value is -0.610. The molecule has 1 aliphatic heterocycles. The van der Waals surface area contributed by atoms with Crippen LogP contribution in [0, 0.1) is 0 Å². The number of amides is 1. The summed E-state index contributed by atoms with van der Waals surface area (Å²) in [6.07, 6.45) is 0.653. The summed E-state index contributed by atoms with van der Waals surface area (Å²) in [5.74, 6) is 0.177. The molecular weight excluding hydrogens is 192 g/mol. The van der Waals surface area contributed by atoms with Gasteiger partial charge in [0, 0.05) is 32.1 Å². The number of likely N-dealkylation sites (N-methyl/N-ethyl adjacent to an activating group) is 1. The second-order valence-corrected chi connectivity index (χ2v) is 4.59. The van der Waals surface area contributed by atoms with E-state index < -0.39 is 0 Å². The van der Waals surface area contributed by atoms with Crippen LogP contribution in [0.3, 0.4) is 0 Å². The van der Waals surface area contributed by atoms with Crippen LogP contribution in [0.25, 0.3) is 0 Å². The monoisotopic (exact) mass is 214 g/mol. The quantitative estimate of drug-likeness (QED) is 0.735. The van der Waals surface area contributed by atoms with Crippen molar-refractivity contribution in [2.45, 2.75) is 38.8 Å². The van der Waals surface area contributed by atoms with Gasteiger partial charge in [0.15, 0.2) is 0 Å². The molecule has 0 aromatic rings. The maximum atomic E-state index is 11.8. The molecule has 1 rings (SSSR count). The summed E-state index contributed by atoms with van der Waals surface area (Å²) in [6.45, 7) is 6.51. The average molecular weight is 214 g/mol. The number of piperazine rings is 1. The van der Waals surface area contributed by atoms with Crippen molar-refractivity contribution in [3.05, 3.63) is 0 Å². The first-order chi connectivity index (χ1) is 7.00. The van der Waals surface area contributed by atoms with Gasteiger partial charge in [0.25, 0.3) is 0 Å². The normalized spacial score (nSPS) is 25.3. The van der Waals surface area contributed by atoms with Crippen LogP contribution in [0.5, 0.6) is 0 Å². The van der Waals surface area contributed by atoms with Crippen LogP contribution < -0.4 is 0 Å². The highest BCUT2D eigenvalue weighted by atomic mass is 16.3. The SMILES string of the molecule is CC(O)CCC(=O)N1CCN(C)CC1C. The smallest absolute Gasteiger partial charge is 0.222 e. The van der Waals surface area contributed by atoms with Gasteiger partial charge in [-0.25, -0.2) is 0 Å². The highest BCUT2D eigenvalue weighted by Crippen LogP contribution is 2.11. The van der Waals surface area contributed by atoms with Gasteiger partial charge in [0.2, 0.25) is 5.91 Å². The molecule has 1 saturated heterocycles. The molecule has 4 heteroatoms. The molecule has 1 amide bonds. The van der Waals surface area contributed by atoms with Gasteiger partial charge in [0.1, 0.15) is 0 Å². The molecule has 2 unspecified atom stereocenters. The molecule has 0 aromatic carbocycles. The van der Waals surface area contributed by atoms with Crippen molar-refractivity contribution in [3.8, 4) is 0 Å². The molecule has 0 radical (unpaired) electrons. The highest BCUT2D eigenvalue weighted by molar-refractivity contribution is 5.76. The Morgan fingerprint density at radius 2 is 2.20 bits per heavy atom. The standard InChI is InChI=1S/C11H22N2O2/c1-9-8-12(3)6-7-13(9)11(15)5-4-10(2)14/h9-10,14H,4-8H2,1-3H3. The molecular formula is C11H22N2O2. The van der Waals surface area contributed by atoms with E-state index >= 15 is 0 Å². The summed E-state index contributed by atoms with van der Waals surface area (Å²) in [7, 11) is 2.08. The second-order valence-electron chi connectivity index (χ2n) is 4.59. The first-order valence-corrected chi connectivity index (χ1v) is 5.66. The van der Waals surface area contributed by atoms with Gasteiger partial charge in [-0.2, -0.15) is 0 Å². The van der Waals surface area contributed by atoms with Crippen molar-refractivity contribution < 1.29 is 9.90 Å². The number of nitrogens with zero attached hydrogens (tertiary/aromatic N) is 2. The van der Waals surface area contributed by atoms with Crippen LogP contribution in [0.4, 0.5) is 0 Å². The lowest BCUT2D eigenvalue weighted by Gasteiger charge is -2.38. The van der Waals surface area contributed by atoms with Crippen molar-refractivity contribution in [3.63, 3.8) is 0 Å². The predicted octanol–water partition coefficient (Wildman–Crippen LogP) is 0.310. The minimum Gasteiger partial charge on any atom is -0.393 e. The van der Waals surface area contributed by atoms with Gasteiger partial charge in [0.05, 0.1) is 6.10 Å². The first kappa shape index (κ1) is 12.5. The van der Waals surface area contributed by atoms with Crippen molar-refractivity contribution in [1.29, 1.82) is 0 Å². The topological polar surface area (TPSA) is 43.8 Å². The van der Waals surface area contributed by atoms with Crippen LogP contribution in [0.15, 0.2) is 0 Å². The summed E-state index contributed by atoms with van der Waals surface area (Å²) in [5, 5.41) is 9.13. The molecule has 1 fully saturated rings. The lowest BCUT2D eigenvalue weighted by Crippen LogP contribution is -2.52. The van der Waals surface area contributed by atoms with E-state index in [9.17, 15) is 4.79 Å². The molecule has 1 heterocycles. The zero-order chi connectivity index (χ0) is 11.4. The van der Waals surface area contributed by atoms with Crippen LogP contribution >= 0.6 is 0 Å². The molecule has 0 spiro atoms. The number of hydrogen-bond acceptors (Lipinski definition) is 3. The number of aliphatic hydroxyl groups excluding tert-OH is 1. The van der Waals surface area contributed by atoms with E-state index in [0.29, 0.717) is 18.9 Å². The van der Waals surface area contributed by atoms with Crippen molar-refractivity contribution in [2.24, 2.45) is 0 Å². The summed E-state index contributed by atoms with van der Waals surface area (Å²) >= 11 is 0. The number of hydrogen-bond donors (Lipinski definition) is 1. The Balaban J connectivity index is 2.38. The number of carbonyl (C=O) groups is 1. The Labute approximate surface area is 91.9 Å². The minimum absolute atomic E-state index is 0.177. The maximum Gasteiger partial charge on any atom is 0.222 e. The van der Waals surface area contributed by atoms with E-state index in [-0.39, 0.29) is 12.0 Å². The highest BCUT2D eigenvalue weighted by Gasteiger charge is 2.25. The molecule has 15 heavy (non-hydrogen) atoms. The van der Waals surface area contributed by atoms with Gasteiger partial charge in [-0.3, -0.25) is 4.79 Å². The van der Waals surface area contributed by atoms with Crippen molar-refractivity contribution >= 4 is 5.91 Å². The van der Waals surface area contributed by atoms with Gasteiger partial charge in [-0.15, -0.1) is 0 Å². The molecule has 0 saturated carbocycles. The van der Waals surface area contributed by atoms with Gasteiger partial charge >= 0.3 is 0 Å². The zero-order valence-corrected chi connectivity index (χ0v) is 9.94. The second kappa shape index (κ2) is 5.47. The van der Waals surface area contributed by atoms with Crippen LogP contribution in [0.1, 0.15) is 26.7 Å². The summed E-state index contributed by atoms with van der Waals surface area (Å²) in [4.78, 5) is 16.0. The summed E-state index contributed by atoms with van der Waals surface area (Å²) in [6, 6.07) is 0.297. The van der Waals surface area contributed by atoms with E-state index in [1.54, 1.807) is 6.92 Å². The number of rotatable bonds is 3. The Bertz CT molecular complexity index is 219. The number of aliphatic hydroxyl groups is 1. The molecule has 2 atom stereocenters. The molecule has 4 nitrogen and oxygen atoms in total. The molecule has 0 bridgehead atoms. The molecule has 1 N–H and O–H groups in total. The summed E-state index contributed by atoms with van der Waals surface area (Å²) < 4.78 is 0. The van der Waals surface area contributed by atoms with Gasteiger partial charge in [-0.1, -0.05) is 0 Å². The van der Waals surface area contributed by atoms with Gasteiger partial charge in [-0.05, 0) is 27.3 Å². The fraction of sp³-hybridized carbons (Fsp3) is 0.909. The number of carbonyl (C=O) groups excluding carboxylic acids is 1. The van der Waals surface area contributed by atoms with E-state index in [1.807, 2.05) is 4.90 Å². The largest absolute Gasteiger partial charge is 0.393 e. The molecule has 0 aromatic heterocycles. The lowest BCUT2D eigenvalue weighted by atomic mass is 10.1. The fourth-order valence-electron chi connectivity index (χ4n) is 1.99. The van der Waals surface area contributed by atoms with E-state index in [2.05, 4.69) is 18.9 Å². The molecule has 0 aliphatic carbocycles. The lowest BCUT2D eigenvalue weighted by molar-refractivity contribution is -0.135. The van der Waals surface area contributed by atoms with Crippen LogP contribution in [-0.2, 0) is 4.79 Å². The maximum absolute atomic E-state index is 11.8. The Morgan fingerprint density at radius 3 is 2.73 bits per heavy atom. The van der Waals surface area contributed by atoms with Crippen molar-refractivity contribution in [1.82, 2.24) is 9.80 Å². The molecule has 1 aliphatic rings. The third kappa shape index (κ3) is 3.80. The average Bonchev–Trinajstić information content (AvgIpc) is 2.14. The predicted molar refractivity (Wildman–Crippen MR) is 59.6 cm³/mol. The van der Waals surface area contributed by atoms with Crippen molar-refractivity contribution in [2.75, 3.05) is 26.7 Å². The van der Waals surface area contributed by atoms with Gasteiger partial charge < -0.3 is 14.9 Å². The van der Waals surface area contributed by atoms with Crippen LogP contribution in [0.2, 0.25) is 0 Å². The van der Waals surface area contributed by atoms with E-state index in [1.165, 1.54) is 0 Å². The summed E-state index contributed by atoms with van der Waals surface area (Å²) in [5.41, 5.74) is 0. The molecule has 88 valence electrons. The Kier molecular flexibility index (Phi) is 4.54. The fourth-order valence-corrected chi connectivity index (χ4v) is 1.99. The third-order valence-corrected chi connectivity index (χ3v) is 2.93. The first-order valence-electron chi connectivity index (χ1n) is 5.66. The van der Waals surface area contributed by atoms with E-state index in [0.717, 1.165) is 19.6 Å². The Morgan fingerprint density at radius 1 is 1.53 bits per heavy atom. The third-order valence-electron chi connectivity index (χ3n) is 2.93. The zero-order valence-electron chi connectivity index (χ0n) is 9.94. The minimum atomic E-state index is -0.378. The van der Waals surface area contributed by atoms with Crippen LogP contribution in [-0.4, -0.2) is 59.6 Å². The van der Waals surface area contributed by atoms with E-state index in [4.69, 9.17) is 5.11 Å².